The van der Waals surface area contributed by atoms with Gasteiger partial charge >= 0.3 is 7.82 Å². The molecule has 0 aromatic rings. The van der Waals surface area contributed by atoms with Gasteiger partial charge in [-0.15, -0.1) is 0 Å². The van der Waals surface area contributed by atoms with Crippen LogP contribution in [0.25, 0.3) is 0 Å². The predicted molar refractivity (Wildman–Crippen MR) is 103 cm³/mol. The highest BCUT2D eigenvalue weighted by atomic mass is 32.2. The van der Waals surface area contributed by atoms with Crippen molar-refractivity contribution in [3.63, 3.8) is 0 Å². The van der Waals surface area contributed by atoms with E-state index >= 15 is 0 Å². The number of hydrogen-bond acceptors (Lipinski definition) is 5. The Bertz CT molecular complexity index is 320. The standard InChI is InChI=1S/C18H37O4PS/c1-2-3-4-5-6-7-8-9-10-11-12-13-14-15-16-17-18-20-23(19)21-24-22-23/h2-18H2,1H3. The van der Waals surface area contributed by atoms with E-state index in [4.69, 9.17) is 4.52 Å². The van der Waals surface area contributed by atoms with Gasteiger partial charge in [0, 0.05) is 0 Å². The zero-order valence-corrected chi connectivity index (χ0v) is 17.2. The molecule has 0 aromatic heterocycles. The Kier molecular flexibility index (Phi) is 14.7. The van der Waals surface area contributed by atoms with Gasteiger partial charge in [0.2, 0.25) is 0 Å². The maximum atomic E-state index is 11.3. The minimum atomic E-state index is -3.12. The average molecular weight is 381 g/mol. The molecule has 0 bridgehead atoms. The van der Waals surface area contributed by atoms with E-state index in [0.717, 1.165) is 25.2 Å². The van der Waals surface area contributed by atoms with E-state index in [1.165, 1.54) is 89.9 Å². The maximum absolute atomic E-state index is 11.3. The SMILES string of the molecule is CCCCCCCCCCCCCCCCCCOP1(=O)OSO1. The molecule has 1 heterocycles. The Hall–Kier alpha value is 0.460. The monoisotopic (exact) mass is 380 g/mol. The van der Waals surface area contributed by atoms with Gasteiger partial charge in [-0.2, -0.15) is 7.94 Å². The summed E-state index contributed by atoms with van der Waals surface area (Å²) in [6, 6.07) is 0. The van der Waals surface area contributed by atoms with E-state index in [-0.39, 0.29) is 0 Å². The number of unbranched alkanes of at least 4 members (excludes halogenated alkanes) is 15. The van der Waals surface area contributed by atoms with Gasteiger partial charge in [-0.25, -0.2) is 4.57 Å². The van der Waals surface area contributed by atoms with Crippen LogP contribution < -0.4 is 0 Å². The summed E-state index contributed by atoms with van der Waals surface area (Å²) < 4.78 is 25.8. The summed E-state index contributed by atoms with van der Waals surface area (Å²) in [5.74, 6) is 0. The van der Waals surface area contributed by atoms with Gasteiger partial charge in [-0.3, -0.25) is 4.52 Å². The van der Waals surface area contributed by atoms with Crippen molar-refractivity contribution in [3.05, 3.63) is 0 Å². The molecule has 0 N–H and O–H groups in total. The second-order valence-corrected chi connectivity index (χ2v) is 9.28. The minimum absolute atomic E-state index is 0.469. The molecular formula is C18H37O4PS. The van der Waals surface area contributed by atoms with Gasteiger partial charge in [0.15, 0.2) is 12.3 Å². The summed E-state index contributed by atoms with van der Waals surface area (Å²) in [6.07, 6.45) is 21.5. The molecule has 144 valence electrons. The van der Waals surface area contributed by atoms with Crippen LogP contribution in [0.2, 0.25) is 0 Å². The van der Waals surface area contributed by atoms with Gasteiger partial charge in [-0.05, 0) is 6.42 Å². The largest absolute Gasteiger partial charge is 0.501 e. The third-order valence-electron chi connectivity index (χ3n) is 4.49. The second kappa shape index (κ2) is 15.7. The van der Waals surface area contributed by atoms with E-state index in [1.54, 1.807) is 0 Å². The zero-order valence-electron chi connectivity index (χ0n) is 15.5. The van der Waals surface area contributed by atoms with Crippen LogP contribution in [0.4, 0.5) is 0 Å². The molecule has 0 radical (unpaired) electrons. The Balaban J connectivity index is 1.65. The molecule has 0 amide bonds. The molecule has 0 saturated carbocycles. The van der Waals surface area contributed by atoms with Crippen LogP contribution in [-0.4, -0.2) is 6.61 Å². The summed E-state index contributed by atoms with van der Waals surface area (Å²) in [6.45, 7) is 2.75. The van der Waals surface area contributed by atoms with Crippen LogP contribution >= 0.6 is 20.1 Å². The van der Waals surface area contributed by atoms with Crippen molar-refractivity contribution < 1.29 is 17.0 Å². The quantitative estimate of drug-likeness (QED) is 0.137. The molecule has 1 fully saturated rings. The zero-order chi connectivity index (χ0) is 17.3. The number of phosphoric acid groups is 1. The molecule has 1 aliphatic rings. The molecule has 0 spiro atoms. The highest BCUT2D eigenvalue weighted by Gasteiger charge is 2.38. The fourth-order valence-electron chi connectivity index (χ4n) is 2.95. The van der Waals surface area contributed by atoms with Crippen LogP contribution in [0.3, 0.4) is 0 Å². The lowest BCUT2D eigenvalue weighted by Gasteiger charge is -2.21. The van der Waals surface area contributed by atoms with Crippen molar-refractivity contribution in [1.29, 1.82) is 0 Å². The summed E-state index contributed by atoms with van der Waals surface area (Å²) in [4.78, 5) is 0. The summed E-state index contributed by atoms with van der Waals surface area (Å²) >= 11 is 0.745. The second-order valence-electron chi connectivity index (χ2n) is 6.80. The molecule has 24 heavy (non-hydrogen) atoms. The normalized spacial score (nSPS) is 16.2. The van der Waals surface area contributed by atoms with Crippen molar-refractivity contribution in [3.8, 4) is 0 Å². The Morgan fingerprint density at radius 2 is 1.04 bits per heavy atom. The van der Waals surface area contributed by atoms with E-state index in [2.05, 4.69) is 14.9 Å². The van der Waals surface area contributed by atoms with E-state index in [9.17, 15) is 4.57 Å². The van der Waals surface area contributed by atoms with Crippen LogP contribution in [0.1, 0.15) is 110 Å². The first-order valence-corrected chi connectivity index (χ1v) is 12.2. The lowest BCUT2D eigenvalue weighted by molar-refractivity contribution is 0.190. The van der Waals surface area contributed by atoms with Crippen LogP contribution in [0, 0.1) is 0 Å². The first kappa shape index (κ1) is 22.5. The van der Waals surface area contributed by atoms with Gasteiger partial charge in [0.25, 0.3) is 0 Å². The topological polar surface area (TPSA) is 44.8 Å². The van der Waals surface area contributed by atoms with Crippen molar-refractivity contribution in [2.75, 3.05) is 6.61 Å². The predicted octanol–water partition coefficient (Wildman–Crippen LogP) is 7.98. The van der Waals surface area contributed by atoms with E-state index in [0.29, 0.717) is 6.61 Å². The maximum Gasteiger partial charge on any atom is 0.501 e. The Morgan fingerprint density at radius 3 is 1.38 bits per heavy atom. The van der Waals surface area contributed by atoms with Gasteiger partial charge < -0.3 is 0 Å². The van der Waals surface area contributed by atoms with Gasteiger partial charge in [0.1, 0.15) is 0 Å². The Morgan fingerprint density at radius 1 is 0.667 bits per heavy atom. The first-order valence-electron chi connectivity index (χ1n) is 10.1. The smallest absolute Gasteiger partial charge is 0.286 e. The molecule has 0 aromatic carbocycles. The first-order chi connectivity index (χ1) is 11.8. The van der Waals surface area contributed by atoms with Crippen molar-refractivity contribution in [2.24, 2.45) is 0 Å². The number of hydrogen-bond donors (Lipinski definition) is 0. The van der Waals surface area contributed by atoms with Crippen molar-refractivity contribution in [1.82, 2.24) is 0 Å². The van der Waals surface area contributed by atoms with Gasteiger partial charge in [0.05, 0.1) is 6.61 Å². The van der Waals surface area contributed by atoms with Crippen LogP contribution in [0.5, 0.6) is 0 Å². The lowest BCUT2D eigenvalue weighted by atomic mass is 10.0. The summed E-state index contributed by atoms with van der Waals surface area (Å²) in [7, 11) is -3.12. The molecule has 4 nitrogen and oxygen atoms in total. The molecule has 0 atom stereocenters. The summed E-state index contributed by atoms with van der Waals surface area (Å²) in [5, 5.41) is 0. The lowest BCUT2D eigenvalue weighted by Crippen LogP contribution is -2.01. The molecular weight excluding hydrogens is 343 g/mol. The highest BCUT2D eigenvalue weighted by molar-refractivity contribution is 8.02. The average Bonchev–Trinajstić information content (AvgIpc) is 2.56. The van der Waals surface area contributed by atoms with Crippen LogP contribution in [-0.2, 0) is 17.0 Å². The third kappa shape index (κ3) is 12.8. The third-order valence-corrected chi connectivity index (χ3v) is 6.94. The fourth-order valence-corrected chi connectivity index (χ4v) is 4.29. The minimum Gasteiger partial charge on any atom is -0.286 e. The van der Waals surface area contributed by atoms with Gasteiger partial charge in [-0.1, -0.05) is 103 Å². The molecule has 0 unspecified atom stereocenters. The van der Waals surface area contributed by atoms with E-state index < -0.39 is 7.82 Å². The molecule has 6 heteroatoms. The summed E-state index contributed by atoms with van der Waals surface area (Å²) in [5.41, 5.74) is 0. The fraction of sp³-hybridized carbons (Fsp3) is 1.00. The highest BCUT2D eigenvalue weighted by Crippen LogP contribution is 2.65. The number of rotatable bonds is 18. The van der Waals surface area contributed by atoms with Crippen molar-refractivity contribution >= 4 is 20.1 Å². The molecule has 1 aliphatic heterocycles. The van der Waals surface area contributed by atoms with Crippen LogP contribution in [0.15, 0.2) is 0 Å². The van der Waals surface area contributed by atoms with E-state index in [1.807, 2.05) is 0 Å². The molecule has 1 rings (SSSR count). The molecule has 0 aliphatic carbocycles. The van der Waals surface area contributed by atoms with Crippen molar-refractivity contribution in [2.45, 2.75) is 110 Å². The molecule has 1 saturated heterocycles. The Labute approximate surface area is 153 Å².